The Morgan fingerprint density at radius 3 is 2.24 bits per heavy atom. The second kappa shape index (κ2) is 20.6. The van der Waals surface area contributed by atoms with Gasteiger partial charge < -0.3 is 34.3 Å². The number of nitrogens with zero attached hydrogens (tertiary/aromatic N) is 3. The van der Waals surface area contributed by atoms with Crippen molar-refractivity contribution in [3.63, 3.8) is 0 Å². The van der Waals surface area contributed by atoms with E-state index in [9.17, 15) is 33.5 Å². The first-order valence-corrected chi connectivity index (χ1v) is 23.5. The fourth-order valence-electron chi connectivity index (χ4n) is 9.65. The predicted molar refractivity (Wildman–Crippen MR) is 246 cm³/mol. The lowest BCUT2D eigenvalue weighted by molar-refractivity contribution is -0.904. The van der Waals surface area contributed by atoms with E-state index < -0.39 is 48.5 Å². The molecule has 3 N–H and O–H groups in total. The van der Waals surface area contributed by atoms with Crippen molar-refractivity contribution in [1.82, 2.24) is 15.1 Å². The first-order chi connectivity index (χ1) is 32.9. The molecular weight excluding hydrogens is 921 g/mol. The van der Waals surface area contributed by atoms with Crippen LogP contribution < -0.4 is 24.3 Å². The van der Waals surface area contributed by atoms with Gasteiger partial charge in [0, 0.05) is 34.9 Å². The molecule has 4 aliphatic heterocycles. The van der Waals surface area contributed by atoms with Crippen molar-refractivity contribution in [3.8, 4) is 17.2 Å². The fraction of sp³-hybridized carbons (Fsp3) is 0.373. The minimum atomic E-state index is -3.12. The maximum atomic E-state index is 14.6. The molecule has 0 spiro atoms. The summed E-state index contributed by atoms with van der Waals surface area (Å²) in [4.78, 5) is 44.7. The van der Waals surface area contributed by atoms with E-state index in [1.807, 2.05) is 60.7 Å². The van der Waals surface area contributed by atoms with E-state index >= 15 is 0 Å². The Kier molecular flexibility index (Phi) is 14.2. The summed E-state index contributed by atoms with van der Waals surface area (Å²) in [5.74, 6) is -2.39. The highest BCUT2D eigenvalue weighted by molar-refractivity contribution is 6.35. The number of carbonyl (C=O) groups excluding carboxylic acids is 2. The number of carbonyl (C=O) groups is 3. The molecular formula is C51H51Cl2F2N4O9+. The number of likely N-dealkylation sites (tertiary alicyclic amines) is 1. The van der Waals surface area contributed by atoms with Gasteiger partial charge in [0.15, 0.2) is 11.5 Å². The molecule has 5 fully saturated rings. The molecule has 1 aromatic heterocycles. The Morgan fingerprint density at radius 2 is 1.54 bits per heavy atom. The van der Waals surface area contributed by atoms with Crippen LogP contribution in [0.15, 0.2) is 109 Å². The van der Waals surface area contributed by atoms with Crippen molar-refractivity contribution in [3.05, 3.63) is 153 Å². The standard InChI is InChI=1S/C51H50Cl2F2N4O9/c52-41-25-58(64)26-42(53)39(41)23-38(34-14-15-43(67-50(54)55)44(22-34)66-28-30-12-13-30)47-40(49(61)62)24-59(47)48(60)36-10-4-6-31(20-36)29-65-37-11-5-9-35(21-37)46(33-7-2-1-3-8-33)56-51(63)68-45-27-57-18-16-32(45)17-19-57/h1-11,14-15,20-22,25-26,30,32,38,40,45-47,50H,12-13,16-19,23-24,27-29H2,(H2-,56,61,62,63,64)/p+1/t38-,40?,45-,46-,47?/m0/s1. The number of benzene rings is 4. The van der Waals surface area contributed by atoms with Gasteiger partial charge in [0.1, 0.15) is 28.5 Å². The van der Waals surface area contributed by atoms with Crippen molar-refractivity contribution in [2.45, 2.75) is 69.4 Å². The van der Waals surface area contributed by atoms with Crippen LogP contribution in [0.2, 0.25) is 10.0 Å². The van der Waals surface area contributed by atoms with E-state index in [1.54, 1.807) is 24.3 Å². The zero-order valence-corrected chi connectivity index (χ0v) is 38.4. The summed E-state index contributed by atoms with van der Waals surface area (Å²) in [6.07, 6.45) is 5.76. The SMILES string of the molecule is O=C(N[C@@H](c1ccccc1)c1cccc(OCc2cccc(C(=O)N3CC(C(=O)O)C3[C@@H](Cc3c(Cl)c[n+](O)cc3Cl)c3ccc(OC(F)F)c(OCC4CC4)c3)c2)c1)O[C@H]1CN2CCC1CC2. The molecule has 5 atom stereocenters. The van der Waals surface area contributed by atoms with Gasteiger partial charge in [0.2, 0.25) is 12.4 Å². The number of halogens is 4. The minimum Gasteiger partial charge on any atom is -0.489 e. The summed E-state index contributed by atoms with van der Waals surface area (Å²) >= 11 is 13.2. The van der Waals surface area contributed by atoms with Crippen LogP contribution in [-0.2, 0) is 22.6 Å². The molecule has 5 aromatic rings. The molecule has 1 aliphatic carbocycles. The van der Waals surface area contributed by atoms with Crippen LogP contribution >= 0.6 is 23.2 Å². The van der Waals surface area contributed by atoms with Gasteiger partial charge in [-0.05, 0) is 116 Å². The zero-order valence-electron chi connectivity index (χ0n) is 36.9. The number of alkyl halides is 2. The third-order valence-corrected chi connectivity index (χ3v) is 14.1. The number of carboxylic acid groups (broad SMARTS) is 1. The minimum absolute atomic E-state index is 0.00233. The number of aliphatic carboxylic acids is 1. The number of rotatable bonds is 18. The average molecular weight is 973 g/mol. The first kappa shape index (κ1) is 46.9. The number of amides is 2. The predicted octanol–water partition coefficient (Wildman–Crippen LogP) is 8.95. The second-order valence-corrected chi connectivity index (χ2v) is 18.8. The highest BCUT2D eigenvalue weighted by atomic mass is 35.5. The molecule has 356 valence electrons. The van der Waals surface area contributed by atoms with Gasteiger partial charge in [0.25, 0.3) is 5.91 Å². The largest absolute Gasteiger partial charge is 0.489 e. The number of hydrogen-bond acceptors (Lipinski definition) is 9. The smallest absolute Gasteiger partial charge is 0.408 e. The lowest BCUT2D eigenvalue weighted by Crippen LogP contribution is -2.63. The van der Waals surface area contributed by atoms with Crippen LogP contribution in [0.3, 0.4) is 0 Å². The van der Waals surface area contributed by atoms with Gasteiger partial charge in [-0.15, -0.1) is 0 Å². The second-order valence-electron chi connectivity index (χ2n) is 18.0. The molecule has 13 nitrogen and oxygen atoms in total. The molecule has 1 saturated carbocycles. The van der Waals surface area contributed by atoms with Crippen molar-refractivity contribution < 1.29 is 57.2 Å². The highest BCUT2D eigenvalue weighted by Crippen LogP contribution is 2.44. The van der Waals surface area contributed by atoms with Gasteiger partial charge in [-0.25, -0.2) is 4.79 Å². The van der Waals surface area contributed by atoms with Gasteiger partial charge in [-0.3, -0.25) is 19.7 Å². The van der Waals surface area contributed by atoms with Crippen LogP contribution in [0.5, 0.6) is 17.2 Å². The van der Waals surface area contributed by atoms with E-state index in [0.29, 0.717) is 33.1 Å². The Bertz CT molecular complexity index is 2610. The molecule has 5 aliphatic rings. The number of hydrogen-bond donors (Lipinski definition) is 3. The van der Waals surface area contributed by atoms with E-state index in [4.69, 9.17) is 42.1 Å². The summed E-state index contributed by atoms with van der Waals surface area (Å²) in [7, 11) is 0. The number of carboxylic acids is 1. The number of piperidine rings is 3. The molecule has 4 saturated heterocycles. The first-order valence-electron chi connectivity index (χ1n) is 22.8. The molecule has 10 rings (SSSR count). The molecule has 17 heteroatoms. The number of alkyl carbamates (subject to hydrolysis) is 1. The summed E-state index contributed by atoms with van der Waals surface area (Å²) in [5.41, 5.74) is 3.44. The monoisotopic (exact) mass is 971 g/mol. The lowest BCUT2D eigenvalue weighted by Gasteiger charge is -2.50. The number of aromatic nitrogens is 1. The topological polar surface area (TPSA) is 151 Å². The zero-order chi connectivity index (χ0) is 47.5. The third-order valence-electron chi connectivity index (χ3n) is 13.5. The van der Waals surface area contributed by atoms with Crippen LogP contribution in [0, 0.1) is 17.8 Å². The molecule has 68 heavy (non-hydrogen) atoms. The van der Waals surface area contributed by atoms with Gasteiger partial charge in [-0.2, -0.15) is 8.78 Å². The Balaban J connectivity index is 0.947. The van der Waals surface area contributed by atoms with Gasteiger partial charge in [-0.1, -0.05) is 83.9 Å². The normalized spacial score (nSPS) is 21.6. The maximum absolute atomic E-state index is 14.6. The number of fused-ring (bicyclic) bond motifs is 3. The third kappa shape index (κ3) is 10.9. The van der Waals surface area contributed by atoms with Crippen LogP contribution in [-0.4, -0.2) is 89.6 Å². The number of nitrogens with one attached hydrogen (secondary N) is 1. The summed E-state index contributed by atoms with van der Waals surface area (Å²) in [6, 6.07) is 26.9. The van der Waals surface area contributed by atoms with E-state index in [0.717, 1.165) is 56.4 Å². The highest BCUT2D eigenvalue weighted by Gasteiger charge is 2.51. The van der Waals surface area contributed by atoms with Crippen molar-refractivity contribution in [2.75, 3.05) is 32.8 Å². The van der Waals surface area contributed by atoms with E-state index in [-0.39, 0.29) is 65.3 Å². The Morgan fingerprint density at radius 1 is 0.809 bits per heavy atom. The van der Waals surface area contributed by atoms with Crippen molar-refractivity contribution >= 4 is 41.2 Å². The summed E-state index contributed by atoms with van der Waals surface area (Å²) < 4.78 is 50.8. The van der Waals surface area contributed by atoms with E-state index in [1.165, 1.54) is 29.4 Å². The number of ether oxygens (including phenoxy) is 4. The van der Waals surface area contributed by atoms with Crippen molar-refractivity contribution in [1.29, 1.82) is 0 Å². The Hall–Kier alpha value is -6.16. The lowest BCUT2D eigenvalue weighted by atomic mass is 9.73. The molecule has 4 aromatic carbocycles. The van der Waals surface area contributed by atoms with E-state index in [2.05, 4.69) is 10.2 Å². The van der Waals surface area contributed by atoms with Gasteiger partial charge >= 0.3 is 18.7 Å². The number of pyridine rings is 1. The fourth-order valence-corrected chi connectivity index (χ4v) is 10.3. The van der Waals surface area contributed by atoms with Gasteiger partial charge in [0.05, 0.1) is 24.6 Å². The van der Waals surface area contributed by atoms with Crippen LogP contribution in [0.1, 0.15) is 75.8 Å². The Labute approximate surface area is 402 Å². The average Bonchev–Trinajstić information content (AvgIpc) is 4.15. The molecule has 2 amide bonds. The summed E-state index contributed by atoms with van der Waals surface area (Å²) in [5, 5.41) is 23.9. The van der Waals surface area contributed by atoms with Crippen LogP contribution in [0.25, 0.3) is 0 Å². The molecule has 2 unspecified atom stereocenters. The molecule has 2 bridgehead atoms. The molecule has 5 heterocycles. The quantitative estimate of drug-likeness (QED) is 0.0574. The maximum Gasteiger partial charge on any atom is 0.408 e. The van der Waals surface area contributed by atoms with Crippen LogP contribution in [0.4, 0.5) is 13.6 Å². The van der Waals surface area contributed by atoms with Crippen molar-refractivity contribution in [2.24, 2.45) is 17.8 Å². The molecule has 0 radical (unpaired) electrons. The summed E-state index contributed by atoms with van der Waals surface area (Å²) in [6.45, 7) is -0.0740.